The van der Waals surface area contributed by atoms with Crippen LogP contribution in [0.3, 0.4) is 0 Å². The summed E-state index contributed by atoms with van der Waals surface area (Å²) in [6, 6.07) is 16.3. The fourth-order valence-electron chi connectivity index (χ4n) is 1.77. The minimum absolute atomic E-state index is 0.911. The molecule has 0 N–H and O–H groups in total. The summed E-state index contributed by atoms with van der Waals surface area (Å²) in [5.74, 6) is 0. The molecule has 0 aliphatic rings. The molecule has 0 bridgehead atoms. The third-order valence-corrected chi connectivity index (χ3v) is 4.42. The summed E-state index contributed by atoms with van der Waals surface area (Å²) >= 11 is 5.36. The molecular weight excluding hydrogens is 223 g/mol. The maximum Gasteiger partial charge on any atom is 0.427 e. The van der Waals surface area contributed by atoms with Crippen molar-refractivity contribution in [3.8, 4) is 0 Å². The van der Waals surface area contributed by atoms with Gasteiger partial charge in [-0.2, -0.15) is 0 Å². The van der Waals surface area contributed by atoms with Crippen LogP contribution in [0.2, 0.25) is 0 Å². The van der Waals surface area contributed by atoms with E-state index in [0.717, 1.165) is 16.1 Å². The van der Waals surface area contributed by atoms with Crippen molar-refractivity contribution >= 4 is 39.8 Å². The maximum atomic E-state index is 5.74. The lowest BCUT2D eigenvalue weighted by Gasteiger charge is -1.95. The Morgan fingerprint density at radius 1 is 0.867 bits per heavy atom. The second-order valence-electron chi connectivity index (χ2n) is 3.36. The first kappa shape index (κ1) is 9.02. The molecule has 0 spiro atoms. The van der Waals surface area contributed by atoms with Crippen LogP contribution in [0.4, 0.5) is 0 Å². The van der Waals surface area contributed by atoms with Crippen molar-refractivity contribution in [2.45, 2.75) is 0 Å². The lowest BCUT2D eigenvalue weighted by molar-refractivity contribution is 0.750. The Kier molecular flexibility index (Phi) is 2.05. The van der Waals surface area contributed by atoms with Crippen LogP contribution in [0.1, 0.15) is 0 Å². The maximum absolute atomic E-state index is 5.74. The molecule has 1 aromatic heterocycles. The van der Waals surface area contributed by atoms with Crippen LogP contribution in [0.15, 0.2) is 52.7 Å². The SMILES string of the molecule is S=[p+]1oc2ccccc2c2ccccc21. The van der Waals surface area contributed by atoms with Crippen LogP contribution < -0.4 is 0 Å². The number of benzene rings is 2. The van der Waals surface area contributed by atoms with Crippen LogP contribution in [-0.4, -0.2) is 0 Å². The lowest BCUT2D eigenvalue weighted by atomic mass is 10.1. The molecule has 0 fully saturated rings. The van der Waals surface area contributed by atoms with Gasteiger partial charge in [-0.15, -0.1) is 0 Å². The van der Waals surface area contributed by atoms with Crippen LogP contribution in [-0.2, 0) is 0 Å². The molecule has 3 aromatic rings. The molecule has 0 aliphatic carbocycles. The van der Waals surface area contributed by atoms with E-state index in [4.69, 9.17) is 16.0 Å². The van der Waals surface area contributed by atoms with E-state index in [-0.39, 0.29) is 0 Å². The summed E-state index contributed by atoms with van der Waals surface area (Å²) in [4.78, 5) is 0. The third kappa shape index (κ3) is 1.38. The molecule has 0 saturated heterocycles. The lowest BCUT2D eigenvalue weighted by Crippen LogP contribution is -1.73. The highest BCUT2D eigenvalue weighted by Gasteiger charge is 2.11. The van der Waals surface area contributed by atoms with E-state index >= 15 is 0 Å². The van der Waals surface area contributed by atoms with Gasteiger partial charge in [-0.3, -0.25) is 4.20 Å². The minimum Gasteiger partial charge on any atom is -0.271 e. The molecule has 1 unspecified atom stereocenters. The fourth-order valence-corrected chi connectivity index (χ4v) is 3.52. The zero-order valence-electron chi connectivity index (χ0n) is 7.88. The standard InChI is InChI=1S/C12H8OPS/c15-14-12-8-4-2-6-10(12)9-5-1-3-7-11(9)13-14/h1-8H/q+1. The summed E-state index contributed by atoms with van der Waals surface area (Å²) in [5, 5.41) is 3.53. The van der Waals surface area contributed by atoms with Crippen molar-refractivity contribution < 1.29 is 4.20 Å². The molecule has 1 atom stereocenters. The summed E-state index contributed by atoms with van der Waals surface area (Å²) < 4.78 is 5.74. The van der Waals surface area contributed by atoms with E-state index in [9.17, 15) is 0 Å². The van der Waals surface area contributed by atoms with Crippen molar-refractivity contribution in [3.63, 3.8) is 0 Å². The zero-order valence-corrected chi connectivity index (χ0v) is 9.59. The van der Waals surface area contributed by atoms with Gasteiger partial charge >= 0.3 is 6.55 Å². The summed E-state index contributed by atoms with van der Waals surface area (Å²) in [7, 11) is 0. The molecule has 0 aliphatic heterocycles. The Hall–Kier alpha value is -1.24. The van der Waals surface area contributed by atoms with Crippen molar-refractivity contribution in [2.24, 2.45) is 0 Å². The van der Waals surface area contributed by atoms with Crippen molar-refractivity contribution in [3.05, 3.63) is 48.5 Å². The van der Waals surface area contributed by atoms with Crippen LogP contribution in [0, 0.1) is 0 Å². The van der Waals surface area contributed by atoms with Gasteiger partial charge in [-0.1, -0.05) is 30.3 Å². The first-order valence-corrected chi connectivity index (χ1v) is 6.97. The van der Waals surface area contributed by atoms with Crippen LogP contribution >= 0.6 is 18.4 Å². The first-order valence-electron chi connectivity index (χ1n) is 4.70. The molecule has 1 nitrogen and oxygen atoms in total. The topological polar surface area (TPSA) is 13.1 Å². The number of hydrogen-bond acceptors (Lipinski definition) is 2. The monoisotopic (exact) mass is 231 g/mol. The van der Waals surface area contributed by atoms with Gasteiger partial charge in [0.1, 0.15) is 0 Å². The van der Waals surface area contributed by atoms with Gasteiger partial charge in [0.05, 0.1) is 0 Å². The Labute approximate surface area is 92.8 Å². The van der Waals surface area contributed by atoms with Gasteiger partial charge in [-0.25, -0.2) is 0 Å². The van der Waals surface area contributed by atoms with E-state index in [2.05, 4.69) is 18.2 Å². The van der Waals surface area contributed by atoms with Crippen LogP contribution in [0.5, 0.6) is 0 Å². The number of para-hydroxylation sites is 1. The smallest absolute Gasteiger partial charge is 0.271 e. The van der Waals surface area contributed by atoms with E-state index in [1.54, 1.807) is 0 Å². The number of fused-ring (bicyclic) bond motifs is 3. The van der Waals surface area contributed by atoms with Crippen molar-refractivity contribution in [1.29, 1.82) is 0 Å². The quantitative estimate of drug-likeness (QED) is 0.499. The Bertz CT molecular complexity index is 702. The molecule has 0 saturated carbocycles. The molecule has 3 heteroatoms. The Morgan fingerprint density at radius 2 is 1.53 bits per heavy atom. The van der Waals surface area contributed by atoms with E-state index in [1.807, 2.05) is 30.3 Å². The Morgan fingerprint density at radius 3 is 2.40 bits per heavy atom. The highest BCUT2D eigenvalue weighted by molar-refractivity contribution is 8.13. The average molecular weight is 231 g/mol. The van der Waals surface area contributed by atoms with Gasteiger partial charge in [0.25, 0.3) is 0 Å². The van der Waals surface area contributed by atoms with Crippen molar-refractivity contribution in [2.75, 3.05) is 0 Å². The minimum atomic E-state index is -0.911. The highest BCUT2D eigenvalue weighted by atomic mass is 32.4. The molecular formula is C12H8OPS+. The second kappa shape index (κ2) is 3.41. The van der Waals surface area contributed by atoms with E-state index in [1.165, 1.54) is 5.39 Å². The first-order chi connectivity index (χ1) is 7.36. The van der Waals surface area contributed by atoms with Gasteiger partial charge < -0.3 is 0 Å². The van der Waals surface area contributed by atoms with E-state index < -0.39 is 6.55 Å². The third-order valence-electron chi connectivity index (χ3n) is 2.46. The second-order valence-corrected chi connectivity index (χ2v) is 5.54. The summed E-state index contributed by atoms with van der Waals surface area (Å²) in [5.41, 5.74) is 0.914. The Balaban J connectivity index is 2.70. The average Bonchev–Trinajstić information content (AvgIpc) is 2.30. The molecule has 3 rings (SSSR count). The molecule has 1 heterocycles. The van der Waals surface area contributed by atoms with Gasteiger partial charge in [0, 0.05) is 10.8 Å². The molecule has 0 amide bonds. The fraction of sp³-hybridized carbons (Fsp3) is 0. The summed E-state index contributed by atoms with van der Waals surface area (Å²) in [6.07, 6.45) is 0. The van der Waals surface area contributed by atoms with Crippen LogP contribution in [0.25, 0.3) is 21.5 Å². The van der Waals surface area contributed by atoms with Gasteiger partial charge in [-0.05, 0) is 18.2 Å². The van der Waals surface area contributed by atoms with Gasteiger partial charge in [0.2, 0.25) is 16.9 Å². The normalized spacial score (nSPS) is 12.1. The number of rotatable bonds is 0. The largest absolute Gasteiger partial charge is 0.427 e. The highest BCUT2D eigenvalue weighted by Crippen LogP contribution is 2.36. The molecule has 2 aromatic carbocycles. The zero-order chi connectivity index (χ0) is 10.3. The predicted molar refractivity (Wildman–Crippen MR) is 68.2 cm³/mol. The summed E-state index contributed by atoms with van der Waals surface area (Å²) in [6.45, 7) is -0.911. The molecule has 15 heavy (non-hydrogen) atoms. The molecule has 0 radical (unpaired) electrons. The molecule has 72 valence electrons. The van der Waals surface area contributed by atoms with E-state index in [0.29, 0.717) is 0 Å². The van der Waals surface area contributed by atoms with Gasteiger partial charge in [0.15, 0.2) is 5.58 Å². The van der Waals surface area contributed by atoms with Crippen molar-refractivity contribution in [1.82, 2.24) is 0 Å². The number of hydrogen-bond donors (Lipinski definition) is 0. The predicted octanol–water partition coefficient (Wildman–Crippen LogP) is 5.10.